The van der Waals surface area contributed by atoms with E-state index < -0.39 is 6.16 Å². The first-order valence-corrected chi connectivity index (χ1v) is 4.97. The lowest BCUT2D eigenvalue weighted by Gasteiger charge is -2.10. The maximum Gasteiger partial charge on any atom is 0.513 e. The van der Waals surface area contributed by atoms with Crippen LogP contribution in [-0.4, -0.2) is 12.8 Å². The molecule has 0 radical (unpaired) electrons. The van der Waals surface area contributed by atoms with Crippen LogP contribution in [0.3, 0.4) is 0 Å². The minimum absolute atomic E-state index is 0.322. The van der Waals surface area contributed by atoms with Crippen LogP contribution < -0.4 is 4.74 Å². The molecule has 15 heavy (non-hydrogen) atoms. The number of benzene rings is 1. The highest BCUT2D eigenvalue weighted by Crippen LogP contribution is 2.23. The standard InChI is InChI=1S/C12H16O3/c1-5-14-12(13)15-11-7-8(2)6-9(3)10(11)4/h6-7H,5H2,1-4H3. The van der Waals surface area contributed by atoms with Crippen LogP contribution in [0.4, 0.5) is 4.79 Å². The van der Waals surface area contributed by atoms with Crippen molar-refractivity contribution in [2.75, 3.05) is 6.61 Å². The Morgan fingerprint density at radius 3 is 2.53 bits per heavy atom. The fourth-order valence-electron chi connectivity index (χ4n) is 1.34. The first kappa shape index (κ1) is 11.6. The van der Waals surface area contributed by atoms with Crippen LogP contribution in [0.25, 0.3) is 0 Å². The summed E-state index contributed by atoms with van der Waals surface area (Å²) in [6.07, 6.45) is -0.648. The molecule has 0 spiro atoms. The lowest BCUT2D eigenvalue weighted by atomic mass is 10.1. The van der Waals surface area contributed by atoms with Gasteiger partial charge in [-0.05, 0) is 50.5 Å². The Morgan fingerprint density at radius 2 is 1.93 bits per heavy atom. The minimum atomic E-state index is -0.648. The van der Waals surface area contributed by atoms with E-state index in [4.69, 9.17) is 9.47 Å². The molecule has 0 atom stereocenters. The molecule has 0 fully saturated rings. The molecule has 0 saturated heterocycles. The molecule has 0 aliphatic carbocycles. The van der Waals surface area contributed by atoms with E-state index in [1.807, 2.05) is 32.9 Å². The van der Waals surface area contributed by atoms with E-state index in [0.29, 0.717) is 12.4 Å². The second kappa shape index (κ2) is 4.82. The van der Waals surface area contributed by atoms with E-state index in [1.165, 1.54) is 0 Å². The van der Waals surface area contributed by atoms with Crippen molar-refractivity contribution in [3.05, 3.63) is 28.8 Å². The molecule has 0 aliphatic rings. The zero-order valence-electron chi connectivity index (χ0n) is 9.59. The Kier molecular flexibility index (Phi) is 3.72. The van der Waals surface area contributed by atoms with Crippen molar-refractivity contribution in [3.8, 4) is 5.75 Å². The largest absolute Gasteiger partial charge is 0.513 e. The van der Waals surface area contributed by atoms with Gasteiger partial charge in [-0.15, -0.1) is 0 Å². The van der Waals surface area contributed by atoms with Gasteiger partial charge in [0.05, 0.1) is 6.61 Å². The molecule has 3 nitrogen and oxygen atoms in total. The lowest BCUT2D eigenvalue weighted by Crippen LogP contribution is -2.11. The van der Waals surface area contributed by atoms with E-state index in [2.05, 4.69) is 0 Å². The monoisotopic (exact) mass is 208 g/mol. The van der Waals surface area contributed by atoms with Crippen LogP contribution in [0, 0.1) is 20.8 Å². The lowest BCUT2D eigenvalue weighted by molar-refractivity contribution is 0.104. The van der Waals surface area contributed by atoms with Gasteiger partial charge in [-0.3, -0.25) is 0 Å². The van der Waals surface area contributed by atoms with Crippen LogP contribution in [-0.2, 0) is 4.74 Å². The summed E-state index contributed by atoms with van der Waals surface area (Å²) in [6.45, 7) is 7.94. The number of aryl methyl sites for hydroxylation is 2. The molecule has 0 heterocycles. The van der Waals surface area contributed by atoms with Gasteiger partial charge in [0.15, 0.2) is 0 Å². The summed E-state index contributed by atoms with van der Waals surface area (Å²) in [4.78, 5) is 11.1. The summed E-state index contributed by atoms with van der Waals surface area (Å²) >= 11 is 0. The quantitative estimate of drug-likeness (QED) is 0.553. The molecule has 0 saturated carbocycles. The van der Waals surface area contributed by atoms with Crippen molar-refractivity contribution >= 4 is 6.16 Å². The minimum Gasteiger partial charge on any atom is -0.434 e. The number of rotatable bonds is 2. The molecule has 82 valence electrons. The molecule has 0 aromatic heterocycles. The molecule has 0 aliphatic heterocycles. The summed E-state index contributed by atoms with van der Waals surface area (Å²) in [5, 5.41) is 0. The van der Waals surface area contributed by atoms with Crippen LogP contribution in [0.15, 0.2) is 12.1 Å². The summed E-state index contributed by atoms with van der Waals surface area (Å²) in [7, 11) is 0. The fraction of sp³-hybridized carbons (Fsp3) is 0.417. The predicted molar refractivity (Wildman–Crippen MR) is 58.3 cm³/mol. The Bertz CT molecular complexity index is 369. The van der Waals surface area contributed by atoms with Gasteiger partial charge in [-0.2, -0.15) is 0 Å². The summed E-state index contributed by atoms with van der Waals surface area (Å²) in [6, 6.07) is 3.88. The SMILES string of the molecule is CCOC(=O)Oc1cc(C)cc(C)c1C. The van der Waals surface area contributed by atoms with E-state index in [-0.39, 0.29) is 0 Å². The molecule has 3 heteroatoms. The van der Waals surface area contributed by atoms with Gasteiger partial charge in [0, 0.05) is 0 Å². The van der Waals surface area contributed by atoms with Gasteiger partial charge in [0.2, 0.25) is 0 Å². The van der Waals surface area contributed by atoms with Gasteiger partial charge in [0.1, 0.15) is 5.75 Å². The second-order valence-corrected chi connectivity index (χ2v) is 3.49. The highest BCUT2D eigenvalue weighted by molar-refractivity contribution is 5.65. The van der Waals surface area contributed by atoms with Crippen molar-refractivity contribution in [3.63, 3.8) is 0 Å². The Balaban J connectivity index is 2.89. The molecule has 0 amide bonds. The maximum absolute atomic E-state index is 11.1. The highest BCUT2D eigenvalue weighted by Gasteiger charge is 2.09. The van der Waals surface area contributed by atoms with Crippen LogP contribution >= 0.6 is 0 Å². The smallest absolute Gasteiger partial charge is 0.434 e. The maximum atomic E-state index is 11.1. The Hall–Kier alpha value is -1.51. The fourth-order valence-corrected chi connectivity index (χ4v) is 1.34. The van der Waals surface area contributed by atoms with Gasteiger partial charge in [0.25, 0.3) is 0 Å². The predicted octanol–water partition coefficient (Wildman–Crippen LogP) is 3.15. The summed E-state index contributed by atoms with van der Waals surface area (Å²) in [5.41, 5.74) is 3.14. The molecule has 0 bridgehead atoms. The Morgan fingerprint density at radius 1 is 1.27 bits per heavy atom. The first-order chi connectivity index (χ1) is 7.04. The van der Waals surface area contributed by atoms with Crippen molar-refractivity contribution in [2.24, 2.45) is 0 Å². The normalized spacial score (nSPS) is 9.87. The van der Waals surface area contributed by atoms with E-state index in [9.17, 15) is 4.79 Å². The van der Waals surface area contributed by atoms with Gasteiger partial charge >= 0.3 is 6.16 Å². The van der Waals surface area contributed by atoms with Crippen molar-refractivity contribution in [1.29, 1.82) is 0 Å². The van der Waals surface area contributed by atoms with Crippen LogP contribution in [0.2, 0.25) is 0 Å². The summed E-state index contributed by atoms with van der Waals surface area (Å²) < 4.78 is 9.81. The van der Waals surface area contributed by atoms with Gasteiger partial charge in [-0.25, -0.2) is 4.79 Å². The zero-order valence-corrected chi connectivity index (χ0v) is 9.59. The van der Waals surface area contributed by atoms with Gasteiger partial charge in [-0.1, -0.05) is 6.07 Å². The number of carbonyl (C=O) groups is 1. The van der Waals surface area contributed by atoms with Crippen molar-refractivity contribution < 1.29 is 14.3 Å². The molecule has 0 N–H and O–H groups in total. The number of ether oxygens (including phenoxy) is 2. The average Bonchev–Trinajstić information content (AvgIpc) is 2.13. The topological polar surface area (TPSA) is 35.5 Å². The average molecular weight is 208 g/mol. The Labute approximate surface area is 90.0 Å². The van der Waals surface area contributed by atoms with Gasteiger partial charge < -0.3 is 9.47 Å². The van der Waals surface area contributed by atoms with Crippen LogP contribution in [0.5, 0.6) is 5.75 Å². The van der Waals surface area contributed by atoms with E-state index in [0.717, 1.165) is 16.7 Å². The highest BCUT2D eigenvalue weighted by atomic mass is 16.7. The zero-order chi connectivity index (χ0) is 11.4. The third kappa shape index (κ3) is 2.98. The molecule has 1 rings (SSSR count). The van der Waals surface area contributed by atoms with E-state index in [1.54, 1.807) is 6.92 Å². The van der Waals surface area contributed by atoms with E-state index >= 15 is 0 Å². The molecular weight excluding hydrogens is 192 g/mol. The second-order valence-electron chi connectivity index (χ2n) is 3.49. The third-order valence-corrected chi connectivity index (χ3v) is 2.22. The molecular formula is C12H16O3. The first-order valence-electron chi connectivity index (χ1n) is 4.97. The molecule has 0 unspecified atom stereocenters. The number of hydrogen-bond acceptors (Lipinski definition) is 3. The molecule has 1 aromatic rings. The van der Waals surface area contributed by atoms with Crippen molar-refractivity contribution in [1.82, 2.24) is 0 Å². The number of carbonyl (C=O) groups excluding carboxylic acids is 1. The third-order valence-electron chi connectivity index (χ3n) is 2.22. The van der Waals surface area contributed by atoms with Crippen LogP contribution in [0.1, 0.15) is 23.6 Å². The number of hydrogen-bond donors (Lipinski definition) is 0. The molecule has 1 aromatic carbocycles. The van der Waals surface area contributed by atoms with Crippen molar-refractivity contribution in [2.45, 2.75) is 27.7 Å². The summed E-state index contributed by atoms with van der Waals surface area (Å²) in [5.74, 6) is 0.575.